The van der Waals surface area contributed by atoms with Gasteiger partial charge in [0, 0.05) is 22.5 Å². The number of hydrogen-bond donors (Lipinski definition) is 1. The predicted octanol–water partition coefficient (Wildman–Crippen LogP) is 3.61. The molecule has 0 aromatic heterocycles. The molecule has 16 heavy (non-hydrogen) atoms. The van der Waals surface area contributed by atoms with Gasteiger partial charge < -0.3 is 4.90 Å². The summed E-state index contributed by atoms with van der Waals surface area (Å²) in [4.78, 5) is 3.42. The number of halogens is 1. The smallest absolute Gasteiger partial charge is 0.106 e. The number of amidine groups is 1. The Hall–Kier alpha value is -0.480. The number of thioether (sulfide) groups is 1. The van der Waals surface area contributed by atoms with Gasteiger partial charge in [0.25, 0.3) is 0 Å². The fraction of sp³-hybridized carbons (Fsp3) is 0.417. The molecule has 1 heterocycles. The topological polar surface area (TPSA) is 27.1 Å². The second-order valence-corrected chi connectivity index (χ2v) is 5.85. The Morgan fingerprint density at radius 2 is 1.88 bits per heavy atom. The first kappa shape index (κ1) is 12.0. The summed E-state index contributed by atoms with van der Waals surface area (Å²) in [6.45, 7) is 2.14. The maximum Gasteiger partial charge on any atom is 0.106 e. The van der Waals surface area contributed by atoms with E-state index in [-0.39, 0.29) is 0 Å². The molecule has 1 N–H and O–H groups in total. The minimum absolute atomic E-state index is 0.769. The van der Waals surface area contributed by atoms with E-state index in [0.29, 0.717) is 0 Å². The Balaban J connectivity index is 1.82. The van der Waals surface area contributed by atoms with Crippen molar-refractivity contribution in [3.63, 3.8) is 0 Å². The Labute approximate surface area is 109 Å². The standard InChI is InChI=1S/C12H15BrN2S/c13-10-3-5-11(6-4-10)16-9-12(14)15-7-1-2-8-15/h3-6,14H,1-2,7-9H2. The van der Waals surface area contributed by atoms with Crippen molar-refractivity contribution in [2.45, 2.75) is 17.7 Å². The van der Waals surface area contributed by atoms with Crippen LogP contribution in [0.3, 0.4) is 0 Å². The lowest BCUT2D eigenvalue weighted by Gasteiger charge is -2.17. The van der Waals surface area contributed by atoms with E-state index in [2.05, 4.69) is 33.0 Å². The average molecular weight is 299 g/mol. The Morgan fingerprint density at radius 3 is 2.50 bits per heavy atom. The molecule has 0 aliphatic carbocycles. The quantitative estimate of drug-likeness (QED) is 0.524. The molecule has 0 bridgehead atoms. The second-order valence-electron chi connectivity index (χ2n) is 3.88. The van der Waals surface area contributed by atoms with E-state index >= 15 is 0 Å². The van der Waals surface area contributed by atoms with Crippen LogP contribution in [0.1, 0.15) is 12.8 Å². The predicted molar refractivity (Wildman–Crippen MR) is 73.4 cm³/mol. The first-order valence-electron chi connectivity index (χ1n) is 5.46. The van der Waals surface area contributed by atoms with Gasteiger partial charge in [0.05, 0.1) is 5.75 Å². The summed E-state index contributed by atoms with van der Waals surface area (Å²) >= 11 is 5.16. The number of hydrogen-bond acceptors (Lipinski definition) is 2. The van der Waals surface area contributed by atoms with Crippen molar-refractivity contribution in [3.8, 4) is 0 Å². The summed E-state index contributed by atoms with van der Waals surface area (Å²) in [6.07, 6.45) is 2.48. The van der Waals surface area contributed by atoms with E-state index in [0.717, 1.165) is 29.2 Å². The Bertz CT molecular complexity index is 358. The largest absolute Gasteiger partial charge is 0.360 e. The molecular weight excluding hydrogens is 284 g/mol. The van der Waals surface area contributed by atoms with Crippen molar-refractivity contribution in [2.75, 3.05) is 18.8 Å². The summed E-state index contributed by atoms with van der Waals surface area (Å²) < 4.78 is 1.10. The van der Waals surface area contributed by atoms with Gasteiger partial charge >= 0.3 is 0 Å². The fourth-order valence-corrected chi connectivity index (χ4v) is 2.84. The lowest BCUT2D eigenvalue weighted by Crippen LogP contribution is -2.28. The monoisotopic (exact) mass is 298 g/mol. The zero-order chi connectivity index (χ0) is 11.4. The molecule has 1 aliphatic rings. The van der Waals surface area contributed by atoms with Crippen molar-refractivity contribution < 1.29 is 0 Å². The summed E-state index contributed by atoms with van der Waals surface area (Å²) in [5.41, 5.74) is 0. The van der Waals surface area contributed by atoms with Crippen LogP contribution in [0.5, 0.6) is 0 Å². The Morgan fingerprint density at radius 1 is 1.25 bits per heavy atom. The summed E-state index contributed by atoms with van der Waals surface area (Å²) in [6, 6.07) is 8.27. The van der Waals surface area contributed by atoms with Gasteiger partial charge in [0.15, 0.2) is 0 Å². The third-order valence-electron chi connectivity index (χ3n) is 2.68. The van der Waals surface area contributed by atoms with Crippen LogP contribution in [-0.4, -0.2) is 29.6 Å². The van der Waals surface area contributed by atoms with Crippen LogP contribution >= 0.6 is 27.7 Å². The van der Waals surface area contributed by atoms with E-state index in [1.54, 1.807) is 11.8 Å². The molecule has 0 spiro atoms. The molecule has 1 fully saturated rings. The van der Waals surface area contributed by atoms with Gasteiger partial charge in [0.2, 0.25) is 0 Å². The van der Waals surface area contributed by atoms with E-state index in [4.69, 9.17) is 5.41 Å². The van der Waals surface area contributed by atoms with Crippen molar-refractivity contribution in [1.82, 2.24) is 4.90 Å². The molecule has 1 aromatic rings. The van der Waals surface area contributed by atoms with Crippen LogP contribution in [-0.2, 0) is 0 Å². The van der Waals surface area contributed by atoms with Gasteiger partial charge in [-0.3, -0.25) is 5.41 Å². The van der Waals surface area contributed by atoms with Crippen LogP contribution in [0.2, 0.25) is 0 Å². The van der Waals surface area contributed by atoms with E-state index in [1.807, 2.05) is 12.1 Å². The number of benzene rings is 1. The van der Waals surface area contributed by atoms with Crippen molar-refractivity contribution in [3.05, 3.63) is 28.7 Å². The molecule has 86 valence electrons. The van der Waals surface area contributed by atoms with Gasteiger partial charge in [-0.2, -0.15) is 0 Å². The molecule has 0 radical (unpaired) electrons. The highest BCUT2D eigenvalue weighted by molar-refractivity contribution is 9.10. The minimum Gasteiger partial charge on any atom is -0.360 e. The molecular formula is C12H15BrN2S. The molecule has 1 aliphatic heterocycles. The lowest BCUT2D eigenvalue weighted by atomic mass is 10.4. The van der Waals surface area contributed by atoms with Gasteiger partial charge in [-0.1, -0.05) is 15.9 Å². The number of likely N-dealkylation sites (tertiary alicyclic amines) is 1. The minimum atomic E-state index is 0.769. The summed E-state index contributed by atoms with van der Waals surface area (Å²) in [5.74, 6) is 1.55. The van der Waals surface area contributed by atoms with Gasteiger partial charge in [-0.15, -0.1) is 11.8 Å². The van der Waals surface area contributed by atoms with Crippen molar-refractivity contribution in [2.24, 2.45) is 0 Å². The maximum atomic E-state index is 7.97. The zero-order valence-electron chi connectivity index (χ0n) is 9.08. The van der Waals surface area contributed by atoms with Crippen LogP contribution < -0.4 is 0 Å². The van der Waals surface area contributed by atoms with Crippen LogP contribution in [0, 0.1) is 5.41 Å². The second kappa shape index (κ2) is 5.73. The normalized spacial score (nSPS) is 15.4. The van der Waals surface area contributed by atoms with Crippen molar-refractivity contribution in [1.29, 1.82) is 5.41 Å². The summed E-state index contributed by atoms with van der Waals surface area (Å²) in [7, 11) is 0. The van der Waals surface area contributed by atoms with E-state index in [9.17, 15) is 0 Å². The fourth-order valence-electron chi connectivity index (χ4n) is 1.76. The number of nitrogens with zero attached hydrogens (tertiary/aromatic N) is 1. The van der Waals surface area contributed by atoms with Gasteiger partial charge in [-0.05, 0) is 37.1 Å². The number of rotatable bonds is 3. The zero-order valence-corrected chi connectivity index (χ0v) is 11.5. The molecule has 4 heteroatoms. The SMILES string of the molecule is N=C(CSc1ccc(Br)cc1)N1CCCC1. The molecule has 0 amide bonds. The Kier molecular flexibility index (Phi) is 4.29. The first-order valence-corrected chi connectivity index (χ1v) is 7.24. The van der Waals surface area contributed by atoms with Crippen LogP contribution in [0.15, 0.2) is 33.6 Å². The first-order chi connectivity index (χ1) is 7.75. The third kappa shape index (κ3) is 3.25. The molecule has 2 nitrogen and oxygen atoms in total. The average Bonchev–Trinajstić information content (AvgIpc) is 2.81. The highest BCUT2D eigenvalue weighted by Gasteiger charge is 2.14. The summed E-state index contributed by atoms with van der Waals surface area (Å²) in [5, 5.41) is 7.97. The molecule has 1 saturated heterocycles. The van der Waals surface area contributed by atoms with E-state index in [1.165, 1.54) is 17.7 Å². The molecule has 1 aromatic carbocycles. The van der Waals surface area contributed by atoms with Crippen molar-refractivity contribution >= 4 is 33.5 Å². The lowest BCUT2D eigenvalue weighted by molar-refractivity contribution is 0.514. The molecule has 0 unspecified atom stereocenters. The maximum absolute atomic E-state index is 7.97. The van der Waals surface area contributed by atoms with Crippen LogP contribution in [0.4, 0.5) is 0 Å². The third-order valence-corrected chi connectivity index (χ3v) is 4.23. The molecule has 0 atom stereocenters. The van der Waals surface area contributed by atoms with E-state index < -0.39 is 0 Å². The highest BCUT2D eigenvalue weighted by Crippen LogP contribution is 2.21. The molecule has 2 rings (SSSR count). The highest BCUT2D eigenvalue weighted by atomic mass is 79.9. The number of nitrogens with one attached hydrogen (secondary N) is 1. The van der Waals surface area contributed by atoms with Gasteiger partial charge in [-0.25, -0.2) is 0 Å². The molecule has 0 saturated carbocycles. The van der Waals surface area contributed by atoms with Gasteiger partial charge in [0.1, 0.15) is 5.84 Å². The van der Waals surface area contributed by atoms with Crippen LogP contribution in [0.25, 0.3) is 0 Å².